The Morgan fingerprint density at radius 2 is 2.35 bits per heavy atom. The fourth-order valence-electron chi connectivity index (χ4n) is 1.45. The van der Waals surface area contributed by atoms with Crippen LogP contribution in [0.3, 0.4) is 0 Å². The Bertz CT molecular complexity index is 402. The van der Waals surface area contributed by atoms with E-state index in [1.807, 2.05) is 13.8 Å². The van der Waals surface area contributed by atoms with Crippen LogP contribution >= 0.6 is 0 Å². The van der Waals surface area contributed by atoms with Gasteiger partial charge in [0.1, 0.15) is 12.2 Å². The second-order valence-corrected chi connectivity index (χ2v) is 5.27. The Balaban J connectivity index is 1.85. The van der Waals surface area contributed by atoms with Gasteiger partial charge in [-0.25, -0.2) is 4.68 Å². The largest absolute Gasteiger partial charge is 0.354 e. The number of nitrogens with one attached hydrogen (secondary N) is 1. The van der Waals surface area contributed by atoms with Gasteiger partial charge in [-0.2, -0.15) is 0 Å². The van der Waals surface area contributed by atoms with Crippen molar-refractivity contribution >= 4 is 5.91 Å². The molecule has 0 spiro atoms. The van der Waals surface area contributed by atoms with Gasteiger partial charge < -0.3 is 11.1 Å². The Kier molecular flexibility index (Phi) is 3.15. The van der Waals surface area contributed by atoms with E-state index in [9.17, 15) is 4.79 Å². The molecule has 1 heterocycles. The number of hydrogen-bond donors (Lipinski definition) is 2. The fourth-order valence-corrected chi connectivity index (χ4v) is 1.45. The average Bonchev–Trinajstić information content (AvgIpc) is 2.93. The number of amides is 1. The summed E-state index contributed by atoms with van der Waals surface area (Å²) in [5.41, 5.74) is 6.05. The van der Waals surface area contributed by atoms with E-state index in [0.717, 1.165) is 6.54 Å². The van der Waals surface area contributed by atoms with Crippen LogP contribution < -0.4 is 11.1 Å². The van der Waals surface area contributed by atoms with Crippen molar-refractivity contribution in [3.63, 3.8) is 0 Å². The Hall–Kier alpha value is -1.43. The summed E-state index contributed by atoms with van der Waals surface area (Å²) in [6.07, 6.45) is 4.18. The predicted molar refractivity (Wildman–Crippen MR) is 63.0 cm³/mol. The first-order valence-electron chi connectivity index (χ1n) is 5.91. The van der Waals surface area contributed by atoms with E-state index in [1.54, 1.807) is 6.20 Å². The monoisotopic (exact) mass is 237 g/mol. The third kappa shape index (κ3) is 3.52. The molecule has 1 aliphatic rings. The van der Waals surface area contributed by atoms with Crippen LogP contribution in [0.25, 0.3) is 0 Å². The topological polar surface area (TPSA) is 85.8 Å². The summed E-state index contributed by atoms with van der Waals surface area (Å²) in [5.74, 6) is 0.663. The first-order valence-corrected chi connectivity index (χ1v) is 5.91. The van der Waals surface area contributed by atoms with E-state index in [4.69, 9.17) is 5.73 Å². The maximum absolute atomic E-state index is 11.6. The van der Waals surface area contributed by atoms with E-state index in [0.29, 0.717) is 11.6 Å². The number of carbonyl (C=O) groups is 1. The zero-order valence-corrected chi connectivity index (χ0v) is 10.3. The SMILES string of the molecule is CC(C)(N)c1cn(CC(=O)NCC2CC2)nn1. The molecule has 1 aromatic heterocycles. The zero-order valence-electron chi connectivity index (χ0n) is 10.3. The zero-order chi connectivity index (χ0) is 12.5. The second kappa shape index (κ2) is 4.44. The van der Waals surface area contributed by atoms with Gasteiger partial charge >= 0.3 is 0 Å². The normalized spacial score (nSPS) is 15.9. The molecule has 0 atom stereocenters. The van der Waals surface area contributed by atoms with Gasteiger partial charge in [0, 0.05) is 6.54 Å². The molecule has 3 N–H and O–H groups in total. The maximum Gasteiger partial charge on any atom is 0.241 e. The summed E-state index contributed by atoms with van der Waals surface area (Å²) in [4.78, 5) is 11.6. The summed E-state index contributed by atoms with van der Waals surface area (Å²) in [6.45, 7) is 4.70. The quantitative estimate of drug-likeness (QED) is 0.754. The molecule has 0 aliphatic heterocycles. The van der Waals surface area contributed by atoms with E-state index < -0.39 is 5.54 Å². The van der Waals surface area contributed by atoms with E-state index in [-0.39, 0.29) is 12.5 Å². The van der Waals surface area contributed by atoms with Gasteiger partial charge in [-0.15, -0.1) is 5.10 Å². The molecule has 1 saturated carbocycles. The lowest BCUT2D eigenvalue weighted by atomic mass is 10.0. The fraction of sp³-hybridized carbons (Fsp3) is 0.727. The van der Waals surface area contributed by atoms with E-state index in [1.165, 1.54) is 17.5 Å². The predicted octanol–water partition coefficient (Wildman–Crippen LogP) is -0.00190. The molecule has 1 aliphatic carbocycles. The van der Waals surface area contributed by atoms with Gasteiger partial charge in [0.05, 0.1) is 11.7 Å². The van der Waals surface area contributed by atoms with Crippen LogP contribution in [-0.4, -0.2) is 27.4 Å². The molecule has 1 amide bonds. The minimum Gasteiger partial charge on any atom is -0.354 e. The molecule has 0 saturated heterocycles. The first-order chi connectivity index (χ1) is 7.95. The minimum absolute atomic E-state index is 0.0248. The smallest absolute Gasteiger partial charge is 0.241 e. The molecule has 0 bridgehead atoms. The van der Waals surface area contributed by atoms with Gasteiger partial charge in [0.15, 0.2) is 0 Å². The lowest BCUT2D eigenvalue weighted by Gasteiger charge is -2.13. The Labute approximate surface area is 101 Å². The summed E-state index contributed by atoms with van der Waals surface area (Å²) in [6, 6.07) is 0. The number of carbonyl (C=O) groups excluding carboxylic acids is 1. The number of rotatable bonds is 5. The van der Waals surface area contributed by atoms with Crippen molar-refractivity contribution in [2.75, 3.05) is 6.54 Å². The van der Waals surface area contributed by atoms with Crippen LogP contribution in [0.1, 0.15) is 32.4 Å². The van der Waals surface area contributed by atoms with Crippen molar-refractivity contribution in [3.05, 3.63) is 11.9 Å². The van der Waals surface area contributed by atoms with Crippen LogP contribution in [-0.2, 0) is 16.9 Å². The number of hydrogen-bond acceptors (Lipinski definition) is 4. The van der Waals surface area contributed by atoms with Crippen LogP contribution in [0.2, 0.25) is 0 Å². The third-order valence-corrected chi connectivity index (χ3v) is 2.79. The molecule has 1 fully saturated rings. The maximum atomic E-state index is 11.6. The van der Waals surface area contributed by atoms with Crippen LogP contribution in [0.4, 0.5) is 0 Å². The molecule has 0 unspecified atom stereocenters. The van der Waals surface area contributed by atoms with Crippen LogP contribution in [0.5, 0.6) is 0 Å². The molecule has 2 rings (SSSR count). The van der Waals surface area contributed by atoms with Crippen molar-refractivity contribution in [2.45, 2.75) is 38.8 Å². The third-order valence-electron chi connectivity index (χ3n) is 2.79. The molecule has 1 aromatic rings. The average molecular weight is 237 g/mol. The first kappa shape index (κ1) is 12.0. The van der Waals surface area contributed by atoms with Crippen molar-refractivity contribution in [2.24, 2.45) is 11.7 Å². The second-order valence-electron chi connectivity index (χ2n) is 5.27. The summed E-state index contributed by atoms with van der Waals surface area (Å²) in [7, 11) is 0. The summed E-state index contributed by atoms with van der Waals surface area (Å²) in [5, 5.41) is 10.7. The lowest BCUT2D eigenvalue weighted by Crippen LogP contribution is -2.30. The van der Waals surface area contributed by atoms with Gasteiger partial charge in [0.25, 0.3) is 0 Å². The van der Waals surface area contributed by atoms with Gasteiger partial charge in [-0.3, -0.25) is 4.79 Å². The molecule has 94 valence electrons. The highest BCUT2D eigenvalue weighted by molar-refractivity contribution is 5.75. The molecule has 0 aromatic carbocycles. The van der Waals surface area contributed by atoms with E-state index in [2.05, 4.69) is 15.6 Å². The van der Waals surface area contributed by atoms with Crippen LogP contribution in [0.15, 0.2) is 6.20 Å². The van der Waals surface area contributed by atoms with Crippen molar-refractivity contribution in [3.8, 4) is 0 Å². The highest BCUT2D eigenvalue weighted by Crippen LogP contribution is 2.27. The Morgan fingerprint density at radius 3 is 2.88 bits per heavy atom. The van der Waals surface area contributed by atoms with Crippen molar-refractivity contribution < 1.29 is 4.79 Å². The summed E-state index contributed by atoms with van der Waals surface area (Å²) < 4.78 is 1.52. The lowest BCUT2D eigenvalue weighted by molar-refractivity contribution is -0.121. The highest BCUT2D eigenvalue weighted by Gasteiger charge is 2.22. The van der Waals surface area contributed by atoms with Crippen molar-refractivity contribution in [1.82, 2.24) is 20.3 Å². The highest BCUT2D eigenvalue weighted by atomic mass is 16.2. The summed E-state index contributed by atoms with van der Waals surface area (Å²) >= 11 is 0. The molecule has 17 heavy (non-hydrogen) atoms. The standard InChI is InChI=1S/C11H19N5O/c1-11(2,12)9-6-16(15-14-9)7-10(17)13-5-8-3-4-8/h6,8H,3-5,7,12H2,1-2H3,(H,13,17). The molecule has 0 radical (unpaired) electrons. The van der Waals surface area contributed by atoms with Gasteiger partial charge in [-0.05, 0) is 32.6 Å². The van der Waals surface area contributed by atoms with Crippen LogP contribution in [0, 0.1) is 5.92 Å². The van der Waals surface area contributed by atoms with E-state index >= 15 is 0 Å². The van der Waals surface area contributed by atoms with Gasteiger partial charge in [0.2, 0.25) is 5.91 Å². The van der Waals surface area contributed by atoms with Gasteiger partial charge in [-0.1, -0.05) is 5.21 Å². The van der Waals surface area contributed by atoms with Crippen molar-refractivity contribution in [1.29, 1.82) is 0 Å². The number of aromatic nitrogens is 3. The minimum atomic E-state index is -0.525. The molecular formula is C11H19N5O. The molecular weight excluding hydrogens is 218 g/mol. The molecule has 6 nitrogen and oxygen atoms in total. The number of nitrogens with two attached hydrogens (primary N) is 1. The number of nitrogens with zero attached hydrogens (tertiary/aromatic N) is 3. The Morgan fingerprint density at radius 1 is 1.65 bits per heavy atom. The molecule has 6 heteroatoms.